The third kappa shape index (κ3) is 5.81. The van der Waals surface area contributed by atoms with Crippen molar-refractivity contribution in [3.05, 3.63) is 21.9 Å². The fourth-order valence-corrected chi connectivity index (χ4v) is 2.10. The third-order valence-electron chi connectivity index (χ3n) is 2.03. The molecule has 1 aromatic heterocycles. The van der Waals surface area contributed by atoms with E-state index >= 15 is 0 Å². The highest BCUT2D eigenvalue weighted by Crippen LogP contribution is 2.17. The maximum atomic E-state index is 11.1. The van der Waals surface area contributed by atoms with Gasteiger partial charge in [-0.2, -0.15) is 5.48 Å². The van der Waals surface area contributed by atoms with E-state index in [9.17, 15) is 4.79 Å². The number of nitrogens with one attached hydrogen (secondary N) is 1. The molecule has 1 aromatic rings. The number of methoxy groups -OCH3 is 1. The first kappa shape index (κ1) is 14.2. The average molecular weight is 257 g/mol. The van der Waals surface area contributed by atoms with E-state index in [1.54, 1.807) is 11.3 Å². The first-order valence-electron chi connectivity index (χ1n) is 5.61. The second kappa shape index (κ2) is 7.42. The Kier molecular flexibility index (Phi) is 6.18. The molecular weight excluding hydrogens is 238 g/mol. The van der Waals surface area contributed by atoms with Crippen LogP contribution >= 0.6 is 11.3 Å². The monoisotopic (exact) mass is 257 g/mol. The topological polar surface area (TPSA) is 47.6 Å². The van der Waals surface area contributed by atoms with Crippen molar-refractivity contribution >= 4 is 17.3 Å². The fraction of sp³-hybridized carbons (Fsp3) is 0.583. The van der Waals surface area contributed by atoms with Crippen molar-refractivity contribution in [2.24, 2.45) is 5.92 Å². The van der Waals surface area contributed by atoms with E-state index in [2.05, 4.69) is 24.1 Å². The fourth-order valence-electron chi connectivity index (χ4n) is 1.17. The van der Waals surface area contributed by atoms with Crippen molar-refractivity contribution in [1.82, 2.24) is 5.48 Å². The van der Waals surface area contributed by atoms with Crippen LogP contribution < -0.4 is 5.48 Å². The SMILES string of the molecule is COC(=O)Cc1ccc(CNOCC(C)C)s1. The smallest absolute Gasteiger partial charge is 0.310 e. The van der Waals surface area contributed by atoms with Crippen LogP contribution in [0.25, 0.3) is 0 Å². The zero-order chi connectivity index (χ0) is 12.7. The van der Waals surface area contributed by atoms with Gasteiger partial charge in [-0.1, -0.05) is 13.8 Å². The normalized spacial score (nSPS) is 10.8. The van der Waals surface area contributed by atoms with Gasteiger partial charge in [-0.3, -0.25) is 4.79 Å². The molecule has 1 heterocycles. The quantitative estimate of drug-likeness (QED) is 0.462. The predicted octanol–water partition coefficient (Wildman–Crippen LogP) is 2.14. The summed E-state index contributed by atoms with van der Waals surface area (Å²) in [6.07, 6.45) is 0.341. The maximum absolute atomic E-state index is 11.1. The molecule has 0 aliphatic rings. The molecule has 0 aromatic carbocycles. The van der Waals surface area contributed by atoms with Gasteiger partial charge in [0, 0.05) is 9.75 Å². The van der Waals surface area contributed by atoms with Gasteiger partial charge in [0.25, 0.3) is 0 Å². The largest absolute Gasteiger partial charge is 0.469 e. The van der Waals surface area contributed by atoms with Gasteiger partial charge < -0.3 is 9.57 Å². The molecule has 0 fully saturated rings. The van der Waals surface area contributed by atoms with Gasteiger partial charge in [-0.15, -0.1) is 11.3 Å². The van der Waals surface area contributed by atoms with E-state index in [0.29, 0.717) is 25.5 Å². The molecule has 0 unspecified atom stereocenters. The molecule has 1 rings (SSSR count). The molecular formula is C12H19NO3S. The standard InChI is InChI=1S/C12H19NO3S/c1-9(2)8-16-13-7-11-5-4-10(17-11)6-12(14)15-3/h4-5,9,13H,6-8H2,1-3H3. The highest BCUT2D eigenvalue weighted by atomic mass is 32.1. The summed E-state index contributed by atoms with van der Waals surface area (Å²) in [4.78, 5) is 18.5. The number of ether oxygens (including phenoxy) is 1. The zero-order valence-electron chi connectivity index (χ0n) is 10.5. The number of hydrogen-bond acceptors (Lipinski definition) is 5. The van der Waals surface area contributed by atoms with Crippen LogP contribution in [0.2, 0.25) is 0 Å². The average Bonchev–Trinajstić information content (AvgIpc) is 2.72. The molecule has 0 saturated heterocycles. The van der Waals surface area contributed by atoms with Crippen molar-refractivity contribution in [2.75, 3.05) is 13.7 Å². The van der Waals surface area contributed by atoms with E-state index in [1.165, 1.54) is 7.11 Å². The Hall–Kier alpha value is -0.910. The van der Waals surface area contributed by atoms with E-state index in [4.69, 9.17) is 4.84 Å². The Morgan fingerprint density at radius 1 is 1.41 bits per heavy atom. The molecule has 96 valence electrons. The molecule has 0 aliphatic carbocycles. The first-order valence-corrected chi connectivity index (χ1v) is 6.42. The van der Waals surface area contributed by atoms with Crippen LogP contribution in [0.5, 0.6) is 0 Å². The summed E-state index contributed by atoms with van der Waals surface area (Å²) < 4.78 is 4.62. The van der Waals surface area contributed by atoms with Crippen LogP contribution in [0.3, 0.4) is 0 Å². The molecule has 4 nitrogen and oxygen atoms in total. The maximum Gasteiger partial charge on any atom is 0.310 e. The molecule has 0 bridgehead atoms. The summed E-state index contributed by atoms with van der Waals surface area (Å²) in [5, 5.41) is 0. The van der Waals surface area contributed by atoms with Gasteiger partial charge in [-0.05, 0) is 18.1 Å². The highest BCUT2D eigenvalue weighted by Gasteiger charge is 2.06. The molecule has 1 N–H and O–H groups in total. The van der Waals surface area contributed by atoms with Gasteiger partial charge in [0.2, 0.25) is 0 Å². The minimum atomic E-state index is -0.206. The lowest BCUT2D eigenvalue weighted by Gasteiger charge is -2.06. The molecule has 5 heteroatoms. The van der Waals surface area contributed by atoms with Crippen LogP contribution in [0, 0.1) is 5.92 Å². The lowest BCUT2D eigenvalue weighted by atomic mass is 10.2. The zero-order valence-corrected chi connectivity index (χ0v) is 11.3. The molecule has 0 saturated carbocycles. The van der Waals surface area contributed by atoms with E-state index < -0.39 is 0 Å². The summed E-state index contributed by atoms with van der Waals surface area (Å²) in [7, 11) is 1.40. The Balaban J connectivity index is 2.28. The van der Waals surface area contributed by atoms with Gasteiger partial charge in [0.15, 0.2) is 0 Å². The number of hydrogen-bond donors (Lipinski definition) is 1. The summed E-state index contributed by atoms with van der Waals surface area (Å²) in [5.74, 6) is 0.308. The van der Waals surface area contributed by atoms with Crippen LogP contribution in [0.1, 0.15) is 23.6 Å². The van der Waals surface area contributed by atoms with E-state index in [-0.39, 0.29) is 5.97 Å². The minimum absolute atomic E-state index is 0.206. The Labute approximate surface area is 106 Å². The number of esters is 1. The molecule has 0 aliphatic heterocycles. The summed E-state index contributed by atoms with van der Waals surface area (Å²) in [5.41, 5.74) is 2.91. The molecule has 17 heavy (non-hydrogen) atoms. The van der Waals surface area contributed by atoms with Gasteiger partial charge in [0.05, 0.1) is 26.7 Å². The molecule has 0 amide bonds. The predicted molar refractivity (Wildman–Crippen MR) is 67.7 cm³/mol. The van der Waals surface area contributed by atoms with Crippen LogP contribution in [-0.2, 0) is 27.3 Å². The van der Waals surface area contributed by atoms with Gasteiger partial charge in [0.1, 0.15) is 0 Å². The number of thiophene rings is 1. The van der Waals surface area contributed by atoms with Crippen LogP contribution in [0.15, 0.2) is 12.1 Å². The number of hydroxylamine groups is 1. The van der Waals surface area contributed by atoms with E-state index in [1.807, 2.05) is 12.1 Å². The molecule has 0 spiro atoms. The van der Waals surface area contributed by atoms with Crippen LogP contribution in [0.4, 0.5) is 0 Å². The van der Waals surface area contributed by atoms with Crippen LogP contribution in [-0.4, -0.2) is 19.7 Å². The van der Waals surface area contributed by atoms with Crippen molar-refractivity contribution in [3.8, 4) is 0 Å². The molecule has 0 radical (unpaired) electrons. The van der Waals surface area contributed by atoms with Gasteiger partial charge >= 0.3 is 5.97 Å². The van der Waals surface area contributed by atoms with Crippen molar-refractivity contribution in [1.29, 1.82) is 0 Å². The second-order valence-corrected chi connectivity index (χ2v) is 5.40. The van der Waals surface area contributed by atoms with E-state index in [0.717, 1.165) is 9.75 Å². The second-order valence-electron chi connectivity index (χ2n) is 4.15. The first-order chi connectivity index (χ1) is 8.11. The Morgan fingerprint density at radius 2 is 2.12 bits per heavy atom. The highest BCUT2D eigenvalue weighted by molar-refractivity contribution is 7.12. The number of carbonyl (C=O) groups excluding carboxylic acids is 1. The van der Waals surface area contributed by atoms with Crippen molar-refractivity contribution < 1.29 is 14.4 Å². The number of rotatable bonds is 7. The Bertz CT molecular complexity index is 349. The lowest BCUT2D eigenvalue weighted by Crippen LogP contribution is -2.16. The lowest BCUT2D eigenvalue weighted by molar-refractivity contribution is -0.139. The summed E-state index contributed by atoms with van der Waals surface area (Å²) in [6.45, 7) is 5.56. The van der Waals surface area contributed by atoms with Crippen molar-refractivity contribution in [2.45, 2.75) is 26.8 Å². The third-order valence-corrected chi connectivity index (χ3v) is 3.11. The minimum Gasteiger partial charge on any atom is -0.469 e. The molecule has 0 atom stereocenters. The van der Waals surface area contributed by atoms with Gasteiger partial charge in [-0.25, -0.2) is 0 Å². The van der Waals surface area contributed by atoms with Crippen molar-refractivity contribution in [3.63, 3.8) is 0 Å². The summed E-state index contributed by atoms with van der Waals surface area (Å²) >= 11 is 1.59. The number of carbonyl (C=O) groups is 1. The Morgan fingerprint density at radius 3 is 2.76 bits per heavy atom. The summed E-state index contributed by atoms with van der Waals surface area (Å²) in [6, 6.07) is 3.94.